The highest BCUT2D eigenvalue weighted by Gasteiger charge is 2.22. The lowest BCUT2D eigenvalue weighted by Gasteiger charge is -2.11. The van der Waals surface area contributed by atoms with E-state index in [2.05, 4.69) is 0 Å². The van der Waals surface area contributed by atoms with Gasteiger partial charge in [0, 0.05) is 29.5 Å². The SMILES string of the molecule is Cc1cccc(/C=C/C(=O)c2ccc(OCCCOc3cccc4c3CCC4=O)cc2)c1. The summed E-state index contributed by atoms with van der Waals surface area (Å²) < 4.78 is 11.6. The zero-order chi connectivity index (χ0) is 22.3. The molecule has 4 heteroatoms. The molecule has 1 aliphatic rings. The molecule has 0 amide bonds. The van der Waals surface area contributed by atoms with Crippen molar-refractivity contribution in [3.8, 4) is 11.5 Å². The molecule has 0 atom stereocenters. The van der Waals surface area contributed by atoms with Crippen LogP contribution in [0.1, 0.15) is 50.2 Å². The van der Waals surface area contributed by atoms with Crippen molar-refractivity contribution < 1.29 is 19.1 Å². The smallest absolute Gasteiger partial charge is 0.185 e. The minimum Gasteiger partial charge on any atom is -0.493 e. The molecule has 0 radical (unpaired) electrons. The van der Waals surface area contributed by atoms with Gasteiger partial charge in [-0.25, -0.2) is 0 Å². The van der Waals surface area contributed by atoms with E-state index in [4.69, 9.17) is 9.47 Å². The molecule has 0 saturated heterocycles. The highest BCUT2D eigenvalue weighted by Crippen LogP contribution is 2.30. The number of hydrogen-bond acceptors (Lipinski definition) is 4. The molecule has 3 aromatic rings. The van der Waals surface area contributed by atoms with Crippen LogP contribution in [0.2, 0.25) is 0 Å². The Kier molecular flexibility index (Phi) is 6.81. The fourth-order valence-electron chi connectivity index (χ4n) is 3.78. The molecule has 162 valence electrons. The Morgan fingerprint density at radius 2 is 1.72 bits per heavy atom. The van der Waals surface area contributed by atoms with Crippen LogP contribution < -0.4 is 9.47 Å². The van der Waals surface area contributed by atoms with Crippen molar-refractivity contribution in [2.75, 3.05) is 13.2 Å². The second-order valence-electron chi connectivity index (χ2n) is 7.89. The van der Waals surface area contributed by atoms with Gasteiger partial charge in [-0.1, -0.05) is 48.0 Å². The van der Waals surface area contributed by atoms with Crippen LogP contribution >= 0.6 is 0 Å². The van der Waals surface area contributed by atoms with E-state index in [-0.39, 0.29) is 11.6 Å². The predicted octanol–water partition coefficient (Wildman–Crippen LogP) is 5.87. The van der Waals surface area contributed by atoms with Crippen LogP contribution in [0, 0.1) is 6.92 Å². The Bertz CT molecular complexity index is 1140. The molecule has 0 unspecified atom stereocenters. The van der Waals surface area contributed by atoms with E-state index in [9.17, 15) is 9.59 Å². The minimum atomic E-state index is -0.0414. The van der Waals surface area contributed by atoms with Crippen molar-refractivity contribution in [2.45, 2.75) is 26.2 Å². The van der Waals surface area contributed by atoms with Gasteiger partial charge in [0.05, 0.1) is 13.2 Å². The number of aryl methyl sites for hydroxylation is 1. The Labute approximate surface area is 188 Å². The quantitative estimate of drug-likeness (QED) is 0.244. The third-order valence-electron chi connectivity index (χ3n) is 5.46. The number of benzene rings is 3. The van der Waals surface area contributed by atoms with Crippen LogP contribution in [0.4, 0.5) is 0 Å². The summed E-state index contributed by atoms with van der Waals surface area (Å²) in [5.41, 5.74) is 4.61. The molecule has 0 aliphatic heterocycles. The normalized spacial score (nSPS) is 12.7. The first-order valence-electron chi connectivity index (χ1n) is 10.9. The maximum absolute atomic E-state index is 12.4. The number of rotatable bonds is 9. The van der Waals surface area contributed by atoms with Gasteiger partial charge in [-0.2, -0.15) is 0 Å². The molecule has 0 N–H and O–H groups in total. The summed E-state index contributed by atoms with van der Waals surface area (Å²) in [5.74, 6) is 1.67. The maximum Gasteiger partial charge on any atom is 0.185 e. The molecule has 3 aromatic carbocycles. The van der Waals surface area contributed by atoms with Crippen LogP contribution in [-0.2, 0) is 6.42 Å². The standard InChI is InChI=1S/C28H26O4/c1-20-5-2-6-21(19-20)9-15-26(29)22-10-12-23(13-11-22)31-17-4-18-32-28-8-3-7-24-25(28)14-16-27(24)30/h2-3,5-13,15,19H,4,14,16-18H2,1H3/b15-9+. The Balaban J connectivity index is 1.22. The van der Waals surface area contributed by atoms with E-state index < -0.39 is 0 Å². The van der Waals surface area contributed by atoms with E-state index >= 15 is 0 Å². The molecule has 4 rings (SSSR count). The number of ketones is 2. The lowest BCUT2D eigenvalue weighted by molar-refractivity contribution is 0.0993. The number of ether oxygens (including phenoxy) is 2. The third kappa shape index (κ3) is 5.33. The number of carbonyl (C=O) groups excluding carboxylic acids is 2. The molecule has 32 heavy (non-hydrogen) atoms. The van der Waals surface area contributed by atoms with Crippen molar-refractivity contribution in [1.82, 2.24) is 0 Å². The van der Waals surface area contributed by atoms with Crippen molar-refractivity contribution in [1.29, 1.82) is 0 Å². The van der Waals surface area contributed by atoms with Gasteiger partial charge in [-0.05, 0) is 55.3 Å². The van der Waals surface area contributed by atoms with Gasteiger partial charge in [0.25, 0.3) is 0 Å². The van der Waals surface area contributed by atoms with Crippen molar-refractivity contribution >= 4 is 17.6 Å². The number of fused-ring (bicyclic) bond motifs is 1. The lowest BCUT2D eigenvalue weighted by atomic mass is 10.1. The molecular formula is C28H26O4. The van der Waals surface area contributed by atoms with Gasteiger partial charge in [0.1, 0.15) is 11.5 Å². The average molecular weight is 427 g/mol. The van der Waals surface area contributed by atoms with E-state index in [1.807, 2.05) is 67.6 Å². The van der Waals surface area contributed by atoms with E-state index in [1.54, 1.807) is 18.2 Å². The number of carbonyl (C=O) groups is 2. The molecule has 0 saturated carbocycles. The van der Waals surface area contributed by atoms with Gasteiger partial charge < -0.3 is 9.47 Å². The second-order valence-corrected chi connectivity index (χ2v) is 7.89. The summed E-state index contributed by atoms with van der Waals surface area (Å²) in [6.45, 7) is 3.05. The molecule has 0 bridgehead atoms. The summed E-state index contributed by atoms with van der Waals surface area (Å²) in [4.78, 5) is 24.2. The summed E-state index contributed by atoms with van der Waals surface area (Å²) in [6, 6.07) is 20.8. The van der Waals surface area contributed by atoms with Crippen LogP contribution in [0.3, 0.4) is 0 Å². The highest BCUT2D eigenvalue weighted by atomic mass is 16.5. The summed E-state index contributed by atoms with van der Waals surface area (Å²) >= 11 is 0. The first-order chi connectivity index (χ1) is 15.6. The van der Waals surface area contributed by atoms with Gasteiger partial charge in [-0.15, -0.1) is 0 Å². The zero-order valence-electron chi connectivity index (χ0n) is 18.2. The minimum absolute atomic E-state index is 0.0414. The predicted molar refractivity (Wildman–Crippen MR) is 126 cm³/mol. The van der Waals surface area contributed by atoms with Crippen molar-refractivity contribution in [2.24, 2.45) is 0 Å². The molecule has 0 fully saturated rings. The van der Waals surface area contributed by atoms with E-state index in [0.717, 1.165) is 46.6 Å². The molecule has 1 aliphatic carbocycles. The van der Waals surface area contributed by atoms with Gasteiger partial charge in [0.15, 0.2) is 11.6 Å². The van der Waals surface area contributed by atoms with Gasteiger partial charge in [-0.3, -0.25) is 9.59 Å². The van der Waals surface area contributed by atoms with Gasteiger partial charge in [0.2, 0.25) is 0 Å². The van der Waals surface area contributed by atoms with Crippen LogP contribution in [0.15, 0.2) is 72.8 Å². The van der Waals surface area contributed by atoms with Crippen molar-refractivity contribution in [3.63, 3.8) is 0 Å². The highest BCUT2D eigenvalue weighted by molar-refractivity contribution is 6.06. The summed E-state index contributed by atoms with van der Waals surface area (Å²) in [5, 5.41) is 0. The number of hydrogen-bond donors (Lipinski definition) is 0. The first-order valence-corrected chi connectivity index (χ1v) is 10.9. The Morgan fingerprint density at radius 3 is 2.53 bits per heavy atom. The zero-order valence-corrected chi connectivity index (χ0v) is 18.2. The lowest BCUT2D eigenvalue weighted by Crippen LogP contribution is -2.06. The Hall–Kier alpha value is -3.66. The Morgan fingerprint density at radius 1 is 0.938 bits per heavy atom. The van der Waals surface area contributed by atoms with E-state index in [0.29, 0.717) is 25.2 Å². The monoisotopic (exact) mass is 426 g/mol. The van der Waals surface area contributed by atoms with E-state index in [1.165, 1.54) is 0 Å². The molecule has 0 aromatic heterocycles. The summed E-state index contributed by atoms with van der Waals surface area (Å²) in [6.07, 6.45) is 5.47. The second kappa shape index (κ2) is 10.1. The van der Waals surface area contributed by atoms with Crippen LogP contribution in [0.5, 0.6) is 11.5 Å². The third-order valence-corrected chi connectivity index (χ3v) is 5.46. The fourth-order valence-corrected chi connectivity index (χ4v) is 3.78. The van der Waals surface area contributed by atoms with Crippen LogP contribution in [-0.4, -0.2) is 24.8 Å². The molecule has 4 nitrogen and oxygen atoms in total. The first kappa shape index (κ1) is 21.6. The largest absolute Gasteiger partial charge is 0.493 e. The molecule has 0 spiro atoms. The fraction of sp³-hybridized carbons (Fsp3) is 0.214. The molecule has 0 heterocycles. The van der Waals surface area contributed by atoms with Crippen molar-refractivity contribution in [3.05, 3.63) is 101 Å². The topological polar surface area (TPSA) is 52.6 Å². The number of allylic oxidation sites excluding steroid dienone is 1. The molecular weight excluding hydrogens is 400 g/mol. The van der Waals surface area contributed by atoms with Crippen LogP contribution in [0.25, 0.3) is 6.08 Å². The van der Waals surface area contributed by atoms with Gasteiger partial charge >= 0.3 is 0 Å². The average Bonchev–Trinajstić information content (AvgIpc) is 3.19. The summed E-state index contributed by atoms with van der Waals surface area (Å²) in [7, 11) is 0. The number of Topliss-reactive ketones (excluding diaryl/α,β-unsaturated/α-hetero) is 1. The maximum atomic E-state index is 12.4.